The lowest BCUT2D eigenvalue weighted by atomic mass is 10.1. The van der Waals surface area contributed by atoms with Gasteiger partial charge >= 0.3 is 0 Å². The fourth-order valence-corrected chi connectivity index (χ4v) is 5.15. The minimum atomic E-state index is -3.23. The predicted molar refractivity (Wildman–Crippen MR) is 120 cm³/mol. The number of carbonyl (C=O) groups excluding carboxylic acids is 1. The molecule has 0 unspecified atom stereocenters. The Morgan fingerprint density at radius 1 is 1.09 bits per heavy atom. The number of amides is 1. The van der Waals surface area contributed by atoms with Gasteiger partial charge in [0, 0.05) is 56.9 Å². The molecule has 0 spiro atoms. The number of carbonyl (C=O) groups is 1. The van der Waals surface area contributed by atoms with Gasteiger partial charge in [-0.2, -0.15) is 0 Å². The van der Waals surface area contributed by atoms with E-state index in [9.17, 15) is 13.2 Å². The van der Waals surface area contributed by atoms with Crippen LogP contribution in [0.4, 0.5) is 11.5 Å². The normalized spacial score (nSPS) is 19.2. The van der Waals surface area contributed by atoms with Crippen molar-refractivity contribution in [3.63, 3.8) is 0 Å². The molecule has 1 aromatic heterocycles. The highest BCUT2D eigenvalue weighted by Crippen LogP contribution is 2.36. The first-order valence-electron chi connectivity index (χ1n) is 11.2. The summed E-state index contributed by atoms with van der Waals surface area (Å²) in [5, 5.41) is 0. The third-order valence-electron chi connectivity index (χ3n) is 6.52. The third kappa shape index (κ3) is 4.57. The van der Waals surface area contributed by atoms with Crippen molar-refractivity contribution in [3.05, 3.63) is 36.2 Å². The van der Waals surface area contributed by atoms with Gasteiger partial charge in [-0.3, -0.25) is 4.79 Å². The summed E-state index contributed by atoms with van der Waals surface area (Å²) in [6, 6.07) is 7.07. The highest BCUT2D eigenvalue weighted by atomic mass is 32.2. The molecule has 8 nitrogen and oxygen atoms in total. The Balaban J connectivity index is 1.23. The van der Waals surface area contributed by atoms with E-state index in [1.165, 1.54) is 25.4 Å². The second-order valence-electron chi connectivity index (χ2n) is 9.02. The van der Waals surface area contributed by atoms with Crippen molar-refractivity contribution in [3.8, 4) is 5.88 Å². The summed E-state index contributed by atoms with van der Waals surface area (Å²) in [4.78, 5) is 25.4. The summed E-state index contributed by atoms with van der Waals surface area (Å²) in [6.45, 7) is 2.19. The van der Waals surface area contributed by atoms with Crippen LogP contribution >= 0.6 is 0 Å². The topological polar surface area (TPSA) is 92.7 Å². The van der Waals surface area contributed by atoms with E-state index >= 15 is 0 Å². The van der Waals surface area contributed by atoms with Gasteiger partial charge in [0.25, 0.3) is 0 Å². The largest absolute Gasteiger partial charge is 0.474 e. The zero-order valence-corrected chi connectivity index (χ0v) is 19.1. The van der Waals surface area contributed by atoms with E-state index in [1.54, 1.807) is 12.1 Å². The molecule has 2 fully saturated rings. The van der Waals surface area contributed by atoms with Crippen molar-refractivity contribution in [2.45, 2.75) is 49.5 Å². The number of likely N-dealkylation sites (tertiary alicyclic amines) is 1. The monoisotopic (exact) mass is 456 g/mol. The molecule has 0 bridgehead atoms. The molecule has 1 saturated carbocycles. The van der Waals surface area contributed by atoms with Crippen LogP contribution in [-0.4, -0.2) is 61.2 Å². The molecule has 1 amide bonds. The molecule has 3 aliphatic rings. The summed E-state index contributed by atoms with van der Waals surface area (Å²) >= 11 is 0. The van der Waals surface area contributed by atoms with Gasteiger partial charge in [-0.05, 0) is 48.9 Å². The van der Waals surface area contributed by atoms with Crippen molar-refractivity contribution >= 4 is 27.2 Å². The SMILES string of the molecule is CS(=O)(=O)c1ccc2c(c1)CCN2c1cc(OC2CCN(C(=O)CC3CC3)CC2)ncn1. The molecule has 1 saturated heterocycles. The van der Waals surface area contributed by atoms with Crippen LogP contribution in [0.3, 0.4) is 0 Å². The highest BCUT2D eigenvalue weighted by Gasteiger charge is 2.30. The third-order valence-corrected chi connectivity index (χ3v) is 7.63. The van der Waals surface area contributed by atoms with E-state index in [-0.39, 0.29) is 12.0 Å². The van der Waals surface area contributed by atoms with Crippen molar-refractivity contribution in [2.24, 2.45) is 5.92 Å². The zero-order valence-electron chi connectivity index (χ0n) is 18.2. The van der Waals surface area contributed by atoms with Crippen LogP contribution in [0.1, 0.15) is 37.7 Å². The lowest BCUT2D eigenvalue weighted by Crippen LogP contribution is -2.42. The molecule has 0 atom stereocenters. The predicted octanol–water partition coefficient (Wildman–Crippen LogP) is 2.74. The zero-order chi connectivity index (χ0) is 22.3. The van der Waals surface area contributed by atoms with Gasteiger partial charge in [0.1, 0.15) is 18.2 Å². The van der Waals surface area contributed by atoms with Crippen LogP contribution in [0, 0.1) is 5.92 Å². The lowest BCUT2D eigenvalue weighted by molar-refractivity contribution is -0.133. The maximum atomic E-state index is 12.3. The van der Waals surface area contributed by atoms with Crippen molar-refractivity contribution in [2.75, 3.05) is 30.8 Å². The fourth-order valence-electron chi connectivity index (χ4n) is 4.48. The maximum absolute atomic E-state index is 12.3. The van der Waals surface area contributed by atoms with Crippen LogP contribution in [-0.2, 0) is 21.1 Å². The average molecular weight is 457 g/mol. The number of hydrogen-bond donors (Lipinski definition) is 0. The Labute approximate surface area is 188 Å². The number of anilines is 2. The lowest BCUT2D eigenvalue weighted by Gasteiger charge is -2.32. The first kappa shape index (κ1) is 21.2. The number of ether oxygens (including phenoxy) is 1. The molecule has 0 N–H and O–H groups in total. The average Bonchev–Trinajstić information content (AvgIpc) is 3.48. The molecule has 2 aliphatic heterocycles. The van der Waals surface area contributed by atoms with Crippen LogP contribution < -0.4 is 9.64 Å². The van der Waals surface area contributed by atoms with E-state index in [2.05, 4.69) is 14.9 Å². The number of aromatic nitrogens is 2. The first-order chi connectivity index (χ1) is 15.4. The second-order valence-corrected chi connectivity index (χ2v) is 11.0. The van der Waals surface area contributed by atoms with Gasteiger partial charge in [0.2, 0.25) is 11.8 Å². The van der Waals surface area contributed by atoms with Crippen LogP contribution in [0.2, 0.25) is 0 Å². The van der Waals surface area contributed by atoms with Gasteiger partial charge in [0.05, 0.1) is 4.90 Å². The summed E-state index contributed by atoms with van der Waals surface area (Å²) in [5.74, 6) is 2.16. The minimum absolute atomic E-state index is 0.0332. The summed E-state index contributed by atoms with van der Waals surface area (Å²) in [5.41, 5.74) is 1.96. The Hall–Kier alpha value is -2.68. The van der Waals surface area contributed by atoms with Gasteiger partial charge in [-0.25, -0.2) is 18.4 Å². The van der Waals surface area contributed by atoms with Crippen LogP contribution in [0.25, 0.3) is 0 Å². The van der Waals surface area contributed by atoms with E-state index in [0.29, 0.717) is 23.1 Å². The second kappa shape index (κ2) is 8.35. The smallest absolute Gasteiger partial charge is 0.222 e. The highest BCUT2D eigenvalue weighted by molar-refractivity contribution is 7.90. The molecule has 1 aromatic carbocycles. The van der Waals surface area contributed by atoms with Crippen molar-refractivity contribution in [1.82, 2.24) is 14.9 Å². The number of nitrogens with zero attached hydrogens (tertiary/aromatic N) is 4. The van der Waals surface area contributed by atoms with Crippen molar-refractivity contribution < 1.29 is 17.9 Å². The standard InChI is InChI=1S/C23H28N4O4S/c1-32(29,30)19-4-5-20-17(13-19)6-11-27(20)21-14-22(25-15-24-21)31-18-7-9-26(10-8-18)23(28)12-16-2-3-16/h4-5,13-16,18H,2-3,6-12H2,1H3. The van der Waals surface area contributed by atoms with Gasteiger partial charge in [0.15, 0.2) is 9.84 Å². The molecular weight excluding hydrogens is 428 g/mol. The van der Waals surface area contributed by atoms with E-state index in [0.717, 1.165) is 56.0 Å². The van der Waals surface area contributed by atoms with Gasteiger partial charge in [-0.15, -0.1) is 0 Å². The summed E-state index contributed by atoms with van der Waals surface area (Å²) in [6.07, 6.45) is 8.21. The number of piperidine rings is 1. The Bertz CT molecular complexity index is 1120. The van der Waals surface area contributed by atoms with E-state index in [4.69, 9.17) is 4.74 Å². The van der Waals surface area contributed by atoms with Crippen LogP contribution in [0.5, 0.6) is 5.88 Å². The molecule has 0 radical (unpaired) electrons. The Kier molecular flexibility index (Phi) is 5.53. The molecule has 170 valence electrons. The molecule has 3 heterocycles. The molecule has 9 heteroatoms. The summed E-state index contributed by atoms with van der Waals surface area (Å²) < 4.78 is 29.8. The van der Waals surface area contributed by atoms with Crippen LogP contribution in [0.15, 0.2) is 35.5 Å². The molecule has 2 aromatic rings. The molecule has 1 aliphatic carbocycles. The maximum Gasteiger partial charge on any atom is 0.222 e. The molecule has 32 heavy (non-hydrogen) atoms. The number of fused-ring (bicyclic) bond motifs is 1. The fraction of sp³-hybridized carbons (Fsp3) is 0.522. The first-order valence-corrected chi connectivity index (χ1v) is 13.1. The minimum Gasteiger partial charge on any atom is -0.474 e. The quantitative estimate of drug-likeness (QED) is 0.660. The molecular formula is C23H28N4O4S. The Morgan fingerprint density at radius 2 is 1.88 bits per heavy atom. The number of rotatable bonds is 6. The van der Waals surface area contributed by atoms with Crippen molar-refractivity contribution in [1.29, 1.82) is 0 Å². The number of hydrogen-bond acceptors (Lipinski definition) is 7. The van der Waals surface area contributed by atoms with E-state index in [1.807, 2.05) is 17.0 Å². The van der Waals surface area contributed by atoms with Gasteiger partial charge in [-0.1, -0.05) is 0 Å². The van der Waals surface area contributed by atoms with E-state index < -0.39 is 9.84 Å². The number of benzene rings is 1. The molecule has 5 rings (SSSR count). The number of sulfone groups is 1. The summed E-state index contributed by atoms with van der Waals surface area (Å²) in [7, 11) is -3.23. The Morgan fingerprint density at radius 3 is 2.59 bits per heavy atom. The van der Waals surface area contributed by atoms with Gasteiger partial charge < -0.3 is 14.5 Å².